The molecule has 20 heavy (non-hydrogen) atoms. The Morgan fingerprint density at radius 1 is 1.20 bits per heavy atom. The standard InChI is InChI=1S/C15H19NO4/c1-18-13-8-10-6-7-16-12(4-5-15(17)20-3)11(10)9-14(13)19-2/h8-9H,4-7H2,1-3H3. The van der Waals surface area contributed by atoms with E-state index in [1.54, 1.807) is 14.2 Å². The van der Waals surface area contributed by atoms with Crippen molar-refractivity contribution in [3.8, 4) is 11.5 Å². The Kier molecular flexibility index (Phi) is 4.61. The molecule has 0 bridgehead atoms. The van der Waals surface area contributed by atoms with E-state index in [4.69, 9.17) is 9.47 Å². The van der Waals surface area contributed by atoms with Crippen LogP contribution < -0.4 is 9.47 Å². The van der Waals surface area contributed by atoms with Crippen molar-refractivity contribution in [2.24, 2.45) is 4.99 Å². The van der Waals surface area contributed by atoms with Gasteiger partial charge in [0, 0.05) is 24.2 Å². The van der Waals surface area contributed by atoms with Gasteiger partial charge in [-0.25, -0.2) is 0 Å². The second-order valence-electron chi connectivity index (χ2n) is 4.52. The summed E-state index contributed by atoms with van der Waals surface area (Å²) < 4.78 is 15.3. The number of aliphatic imine (C=N–C) groups is 1. The first-order chi connectivity index (χ1) is 9.69. The third-order valence-corrected chi connectivity index (χ3v) is 3.40. The Morgan fingerprint density at radius 3 is 2.55 bits per heavy atom. The smallest absolute Gasteiger partial charge is 0.305 e. The molecule has 0 atom stereocenters. The van der Waals surface area contributed by atoms with E-state index in [0.29, 0.717) is 18.6 Å². The summed E-state index contributed by atoms with van der Waals surface area (Å²) in [7, 11) is 4.63. The first kappa shape index (κ1) is 14.4. The molecule has 0 N–H and O–H groups in total. The zero-order valence-electron chi connectivity index (χ0n) is 12.1. The molecule has 1 aliphatic heterocycles. The molecule has 0 aromatic heterocycles. The number of ether oxygens (including phenoxy) is 3. The van der Waals surface area contributed by atoms with Crippen molar-refractivity contribution >= 4 is 11.7 Å². The predicted molar refractivity (Wildman–Crippen MR) is 75.9 cm³/mol. The van der Waals surface area contributed by atoms with Gasteiger partial charge in [-0.3, -0.25) is 9.79 Å². The van der Waals surface area contributed by atoms with E-state index in [1.807, 2.05) is 12.1 Å². The zero-order valence-corrected chi connectivity index (χ0v) is 12.1. The van der Waals surface area contributed by atoms with E-state index < -0.39 is 0 Å². The normalized spacial score (nSPS) is 13.2. The second kappa shape index (κ2) is 6.41. The highest BCUT2D eigenvalue weighted by atomic mass is 16.5. The molecule has 0 saturated heterocycles. The van der Waals surface area contributed by atoms with Crippen molar-refractivity contribution < 1.29 is 19.0 Å². The quantitative estimate of drug-likeness (QED) is 0.772. The lowest BCUT2D eigenvalue weighted by molar-refractivity contribution is -0.140. The molecule has 1 aromatic rings. The minimum atomic E-state index is -0.222. The minimum Gasteiger partial charge on any atom is -0.493 e. The van der Waals surface area contributed by atoms with E-state index in [9.17, 15) is 4.79 Å². The topological polar surface area (TPSA) is 57.1 Å². The fourth-order valence-electron chi connectivity index (χ4n) is 2.33. The summed E-state index contributed by atoms with van der Waals surface area (Å²) >= 11 is 0. The highest BCUT2D eigenvalue weighted by molar-refractivity contribution is 6.04. The summed E-state index contributed by atoms with van der Waals surface area (Å²) in [6, 6.07) is 3.92. The van der Waals surface area contributed by atoms with Crippen molar-refractivity contribution in [3.05, 3.63) is 23.3 Å². The Hall–Kier alpha value is -2.04. The van der Waals surface area contributed by atoms with Crippen LogP contribution in [0.15, 0.2) is 17.1 Å². The van der Waals surface area contributed by atoms with E-state index >= 15 is 0 Å². The Balaban J connectivity index is 2.27. The summed E-state index contributed by atoms with van der Waals surface area (Å²) in [6.45, 7) is 0.735. The maximum absolute atomic E-state index is 11.3. The Bertz CT molecular complexity index is 537. The van der Waals surface area contributed by atoms with Crippen molar-refractivity contribution in [2.75, 3.05) is 27.9 Å². The van der Waals surface area contributed by atoms with Gasteiger partial charge in [-0.1, -0.05) is 0 Å². The Labute approximate surface area is 118 Å². The van der Waals surface area contributed by atoms with Crippen LogP contribution in [0.25, 0.3) is 0 Å². The Morgan fingerprint density at radius 2 is 1.90 bits per heavy atom. The summed E-state index contributed by atoms with van der Waals surface area (Å²) in [4.78, 5) is 15.8. The number of carbonyl (C=O) groups is 1. The van der Waals surface area contributed by atoms with Crippen LogP contribution in [0.1, 0.15) is 24.0 Å². The maximum atomic E-state index is 11.3. The molecule has 5 nitrogen and oxygen atoms in total. The van der Waals surface area contributed by atoms with Crippen molar-refractivity contribution in [1.82, 2.24) is 0 Å². The van der Waals surface area contributed by atoms with Crippen LogP contribution >= 0.6 is 0 Å². The van der Waals surface area contributed by atoms with Crippen molar-refractivity contribution in [1.29, 1.82) is 0 Å². The van der Waals surface area contributed by atoms with Crippen LogP contribution in [0, 0.1) is 0 Å². The number of hydrogen-bond acceptors (Lipinski definition) is 5. The number of hydrogen-bond donors (Lipinski definition) is 0. The van der Waals surface area contributed by atoms with Gasteiger partial charge in [0.15, 0.2) is 11.5 Å². The number of nitrogens with zero attached hydrogens (tertiary/aromatic N) is 1. The van der Waals surface area contributed by atoms with Crippen LogP contribution in [0.5, 0.6) is 11.5 Å². The average Bonchev–Trinajstić information content (AvgIpc) is 2.50. The van der Waals surface area contributed by atoms with Crippen LogP contribution in [0.3, 0.4) is 0 Å². The SMILES string of the molecule is COC(=O)CCC1=NCCc2cc(OC)c(OC)cc21. The molecule has 1 heterocycles. The molecule has 0 fully saturated rings. The molecule has 0 saturated carbocycles. The highest BCUT2D eigenvalue weighted by Crippen LogP contribution is 2.33. The van der Waals surface area contributed by atoms with Crippen molar-refractivity contribution in [2.45, 2.75) is 19.3 Å². The first-order valence-corrected chi connectivity index (χ1v) is 6.55. The third kappa shape index (κ3) is 2.92. The third-order valence-electron chi connectivity index (χ3n) is 3.40. The number of carbonyl (C=O) groups excluding carboxylic acids is 1. The van der Waals surface area contributed by atoms with Crippen LogP contribution in [0.2, 0.25) is 0 Å². The number of benzene rings is 1. The van der Waals surface area contributed by atoms with E-state index in [2.05, 4.69) is 9.73 Å². The molecular weight excluding hydrogens is 258 g/mol. The van der Waals surface area contributed by atoms with Crippen LogP contribution in [0.4, 0.5) is 0 Å². The first-order valence-electron chi connectivity index (χ1n) is 6.55. The molecule has 0 aliphatic carbocycles. The van der Waals surface area contributed by atoms with Gasteiger partial charge in [-0.05, 0) is 24.1 Å². The van der Waals surface area contributed by atoms with Gasteiger partial charge in [0.2, 0.25) is 0 Å². The summed E-state index contributed by atoms with van der Waals surface area (Å²) in [5.74, 6) is 1.18. The fourth-order valence-corrected chi connectivity index (χ4v) is 2.33. The zero-order chi connectivity index (χ0) is 14.5. The maximum Gasteiger partial charge on any atom is 0.305 e. The molecule has 1 aromatic carbocycles. The molecule has 2 rings (SSSR count). The number of esters is 1. The molecule has 1 aliphatic rings. The van der Waals surface area contributed by atoms with E-state index in [0.717, 1.165) is 30.0 Å². The number of methoxy groups -OCH3 is 3. The summed E-state index contributed by atoms with van der Waals surface area (Å²) in [6.07, 6.45) is 1.79. The monoisotopic (exact) mass is 277 g/mol. The van der Waals surface area contributed by atoms with Gasteiger partial charge < -0.3 is 14.2 Å². The lowest BCUT2D eigenvalue weighted by atomic mass is 9.94. The van der Waals surface area contributed by atoms with Gasteiger partial charge in [0.25, 0.3) is 0 Å². The second-order valence-corrected chi connectivity index (χ2v) is 4.52. The molecule has 108 valence electrons. The highest BCUT2D eigenvalue weighted by Gasteiger charge is 2.19. The van der Waals surface area contributed by atoms with Gasteiger partial charge >= 0.3 is 5.97 Å². The number of rotatable bonds is 5. The molecule has 0 radical (unpaired) electrons. The van der Waals surface area contributed by atoms with E-state index in [1.165, 1.54) is 12.7 Å². The van der Waals surface area contributed by atoms with Gasteiger partial charge in [0.1, 0.15) is 0 Å². The fraction of sp³-hybridized carbons (Fsp3) is 0.467. The largest absolute Gasteiger partial charge is 0.493 e. The lowest BCUT2D eigenvalue weighted by Crippen LogP contribution is -2.15. The van der Waals surface area contributed by atoms with Gasteiger partial charge in [-0.2, -0.15) is 0 Å². The van der Waals surface area contributed by atoms with Crippen LogP contribution in [-0.2, 0) is 16.0 Å². The predicted octanol–water partition coefficient (Wildman–Crippen LogP) is 2.00. The van der Waals surface area contributed by atoms with Crippen molar-refractivity contribution in [3.63, 3.8) is 0 Å². The molecule has 0 unspecified atom stereocenters. The minimum absolute atomic E-state index is 0.222. The molecule has 5 heteroatoms. The average molecular weight is 277 g/mol. The summed E-state index contributed by atoms with van der Waals surface area (Å²) in [5, 5.41) is 0. The summed E-state index contributed by atoms with van der Waals surface area (Å²) in [5.41, 5.74) is 3.15. The molecular formula is C15H19NO4. The van der Waals surface area contributed by atoms with E-state index in [-0.39, 0.29) is 5.97 Å². The van der Waals surface area contributed by atoms with Gasteiger partial charge in [0.05, 0.1) is 27.8 Å². The molecule has 0 amide bonds. The van der Waals surface area contributed by atoms with Gasteiger partial charge in [-0.15, -0.1) is 0 Å². The molecule has 0 spiro atoms. The lowest BCUT2D eigenvalue weighted by Gasteiger charge is -2.19. The number of fused-ring (bicyclic) bond motifs is 1. The van der Waals surface area contributed by atoms with Crippen LogP contribution in [-0.4, -0.2) is 39.6 Å².